The molecule has 5 heteroatoms. The molecule has 0 heterocycles. The van der Waals surface area contributed by atoms with Crippen LogP contribution in [0.4, 0.5) is 5.69 Å². The first-order valence-electron chi connectivity index (χ1n) is 3.67. The highest BCUT2D eigenvalue weighted by molar-refractivity contribution is 6.33. The summed E-state index contributed by atoms with van der Waals surface area (Å²) in [6, 6.07) is 4.50. The molecule has 0 aromatic heterocycles. The van der Waals surface area contributed by atoms with E-state index in [0.29, 0.717) is 0 Å². The smallest absolute Gasteiger partial charge is 0.339 e. The minimum atomic E-state index is -0.608. The predicted molar refractivity (Wildman–Crippen MR) is 51.9 cm³/mol. The Balaban J connectivity index is 3.36. The Morgan fingerprint density at radius 2 is 2.29 bits per heavy atom. The van der Waals surface area contributed by atoms with Crippen molar-refractivity contribution in [2.75, 3.05) is 12.8 Å². The normalized spacial score (nSPS) is 9.21. The molecule has 0 unspecified atom stereocenters. The Morgan fingerprint density at radius 1 is 1.64 bits per heavy atom. The van der Waals surface area contributed by atoms with Gasteiger partial charge in [0, 0.05) is 0 Å². The highest BCUT2D eigenvalue weighted by atomic mass is 35.5. The molecule has 0 bridgehead atoms. The molecule has 14 heavy (non-hydrogen) atoms. The number of nitrogens with two attached hydrogens (primary N) is 1. The fourth-order valence-electron chi connectivity index (χ4n) is 0.961. The summed E-state index contributed by atoms with van der Waals surface area (Å²) in [6.45, 7) is 0. The molecule has 0 aliphatic heterocycles. The maximum absolute atomic E-state index is 11.2. The van der Waals surface area contributed by atoms with Crippen LogP contribution in [-0.4, -0.2) is 13.1 Å². The number of anilines is 1. The molecule has 0 amide bonds. The average molecular weight is 211 g/mol. The van der Waals surface area contributed by atoms with E-state index in [-0.39, 0.29) is 21.8 Å². The standard InChI is InChI=1S/C9H7ClN2O2/c1-14-9(13)6-3-7(10)8(12)2-5(6)4-11/h2-3H,12H2,1H3. The van der Waals surface area contributed by atoms with E-state index in [2.05, 4.69) is 4.74 Å². The molecule has 0 saturated heterocycles. The summed E-state index contributed by atoms with van der Waals surface area (Å²) in [5, 5.41) is 8.95. The molecule has 4 nitrogen and oxygen atoms in total. The second kappa shape index (κ2) is 3.99. The second-order valence-electron chi connectivity index (χ2n) is 2.52. The quantitative estimate of drug-likeness (QED) is 0.564. The lowest BCUT2D eigenvalue weighted by Crippen LogP contribution is -2.05. The molecule has 0 aliphatic carbocycles. The molecule has 0 atom stereocenters. The van der Waals surface area contributed by atoms with Crippen LogP contribution in [0.1, 0.15) is 15.9 Å². The topological polar surface area (TPSA) is 76.1 Å². The van der Waals surface area contributed by atoms with Crippen molar-refractivity contribution in [1.82, 2.24) is 0 Å². The molecular weight excluding hydrogens is 204 g/mol. The zero-order chi connectivity index (χ0) is 10.7. The number of benzene rings is 1. The van der Waals surface area contributed by atoms with Crippen LogP contribution in [0.15, 0.2) is 12.1 Å². The van der Waals surface area contributed by atoms with Crippen molar-refractivity contribution < 1.29 is 9.53 Å². The Morgan fingerprint density at radius 3 is 2.79 bits per heavy atom. The van der Waals surface area contributed by atoms with E-state index < -0.39 is 5.97 Å². The number of ether oxygens (including phenoxy) is 1. The van der Waals surface area contributed by atoms with E-state index >= 15 is 0 Å². The van der Waals surface area contributed by atoms with Crippen LogP contribution < -0.4 is 5.73 Å². The number of halogens is 1. The first kappa shape index (κ1) is 10.4. The lowest BCUT2D eigenvalue weighted by molar-refractivity contribution is 0.0600. The van der Waals surface area contributed by atoms with Gasteiger partial charge in [0.05, 0.1) is 28.9 Å². The van der Waals surface area contributed by atoms with Gasteiger partial charge in [-0.25, -0.2) is 4.79 Å². The van der Waals surface area contributed by atoms with Gasteiger partial charge in [-0.05, 0) is 12.1 Å². The maximum atomic E-state index is 11.2. The number of hydrogen-bond donors (Lipinski definition) is 1. The van der Waals surface area contributed by atoms with Crippen LogP contribution in [0.25, 0.3) is 0 Å². The molecule has 0 fully saturated rings. The van der Waals surface area contributed by atoms with E-state index in [9.17, 15) is 4.79 Å². The van der Waals surface area contributed by atoms with Crippen molar-refractivity contribution in [3.8, 4) is 6.07 Å². The van der Waals surface area contributed by atoms with Crippen molar-refractivity contribution in [2.45, 2.75) is 0 Å². The summed E-state index contributed by atoms with van der Waals surface area (Å²) in [4.78, 5) is 11.2. The van der Waals surface area contributed by atoms with Gasteiger partial charge in [0.15, 0.2) is 0 Å². The Bertz CT molecular complexity index is 424. The minimum absolute atomic E-state index is 0.120. The molecular formula is C9H7ClN2O2. The fraction of sp³-hybridized carbons (Fsp3) is 0.111. The highest BCUT2D eigenvalue weighted by Crippen LogP contribution is 2.23. The molecule has 0 radical (unpaired) electrons. The van der Waals surface area contributed by atoms with Crippen LogP contribution in [0.2, 0.25) is 5.02 Å². The Kier molecular flexibility index (Phi) is 2.95. The monoisotopic (exact) mass is 210 g/mol. The van der Waals surface area contributed by atoms with E-state index in [1.807, 2.05) is 6.07 Å². The van der Waals surface area contributed by atoms with Gasteiger partial charge in [-0.2, -0.15) is 5.26 Å². The summed E-state index contributed by atoms with van der Waals surface area (Å²) < 4.78 is 4.48. The van der Waals surface area contributed by atoms with Crippen molar-refractivity contribution in [3.63, 3.8) is 0 Å². The van der Waals surface area contributed by atoms with Crippen LogP contribution >= 0.6 is 11.6 Å². The molecule has 1 aromatic rings. The van der Waals surface area contributed by atoms with Gasteiger partial charge in [0.25, 0.3) is 0 Å². The van der Waals surface area contributed by atoms with Crippen LogP contribution in [0, 0.1) is 11.3 Å². The number of nitrogens with zero attached hydrogens (tertiary/aromatic N) is 1. The SMILES string of the molecule is COC(=O)c1cc(Cl)c(N)cc1C#N. The number of methoxy groups -OCH3 is 1. The van der Waals surface area contributed by atoms with Crippen LogP contribution in [0.3, 0.4) is 0 Å². The number of carbonyl (C=O) groups excluding carboxylic acids is 1. The molecule has 2 N–H and O–H groups in total. The van der Waals surface area contributed by atoms with E-state index in [4.69, 9.17) is 22.6 Å². The molecule has 1 rings (SSSR count). The first-order valence-corrected chi connectivity index (χ1v) is 4.05. The minimum Gasteiger partial charge on any atom is -0.465 e. The first-order chi connectivity index (χ1) is 6.60. The van der Waals surface area contributed by atoms with Gasteiger partial charge < -0.3 is 10.5 Å². The lowest BCUT2D eigenvalue weighted by Gasteiger charge is -2.04. The number of carbonyl (C=O) groups is 1. The maximum Gasteiger partial charge on any atom is 0.339 e. The highest BCUT2D eigenvalue weighted by Gasteiger charge is 2.13. The van der Waals surface area contributed by atoms with Gasteiger partial charge >= 0.3 is 5.97 Å². The van der Waals surface area contributed by atoms with Crippen LogP contribution in [-0.2, 0) is 4.74 Å². The number of rotatable bonds is 1. The number of nitrogen functional groups attached to an aromatic ring is 1. The molecule has 0 spiro atoms. The van der Waals surface area contributed by atoms with Crippen molar-refractivity contribution in [3.05, 3.63) is 28.3 Å². The number of esters is 1. The zero-order valence-corrected chi connectivity index (χ0v) is 8.13. The summed E-state index contributed by atoms with van der Waals surface area (Å²) in [6.07, 6.45) is 0. The van der Waals surface area contributed by atoms with Gasteiger partial charge in [0.1, 0.15) is 6.07 Å². The van der Waals surface area contributed by atoms with Crippen molar-refractivity contribution in [1.29, 1.82) is 5.26 Å². The lowest BCUT2D eigenvalue weighted by atomic mass is 10.1. The Labute approximate surface area is 85.8 Å². The fourth-order valence-corrected chi connectivity index (χ4v) is 1.13. The van der Waals surface area contributed by atoms with Gasteiger partial charge in [0.2, 0.25) is 0 Å². The van der Waals surface area contributed by atoms with Gasteiger partial charge in [-0.3, -0.25) is 0 Å². The second-order valence-corrected chi connectivity index (χ2v) is 2.93. The summed E-state index contributed by atoms with van der Waals surface area (Å²) in [7, 11) is 1.23. The van der Waals surface area contributed by atoms with Crippen LogP contribution in [0.5, 0.6) is 0 Å². The van der Waals surface area contributed by atoms with Crippen molar-refractivity contribution in [2.24, 2.45) is 0 Å². The largest absolute Gasteiger partial charge is 0.465 e. The molecule has 0 aliphatic rings. The van der Waals surface area contributed by atoms with E-state index in [1.54, 1.807) is 0 Å². The summed E-state index contributed by atoms with van der Waals surface area (Å²) >= 11 is 5.70. The van der Waals surface area contributed by atoms with E-state index in [1.165, 1.54) is 19.2 Å². The molecule has 1 aromatic carbocycles. The average Bonchev–Trinajstić information content (AvgIpc) is 2.20. The Hall–Kier alpha value is -1.73. The van der Waals surface area contributed by atoms with E-state index in [0.717, 1.165) is 0 Å². The molecule has 72 valence electrons. The molecule has 0 saturated carbocycles. The van der Waals surface area contributed by atoms with Gasteiger partial charge in [-0.15, -0.1) is 0 Å². The predicted octanol–water partition coefficient (Wildman–Crippen LogP) is 1.58. The zero-order valence-electron chi connectivity index (χ0n) is 7.37. The third kappa shape index (κ3) is 1.78. The third-order valence-electron chi connectivity index (χ3n) is 1.66. The van der Waals surface area contributed by atoms with Crippen molar-refractivity contribution >= 4 is 23.3 Å². The summed E-state index contributed by atoms with van der Waals surface area (Å²) in [5.74, 6) is -0.608. The number of nitriles is 1. The third-order valence-corrected chi connectivity index (χ3v) is 1.99. The summed E-state index contributed by atoms with van der Waals surface area (Å²) in [5.41, 5.74) is 6.00. The van der Waals surface area contributed by atoms with Gasteiger partial charge in [-0.1, -0.05) is 11.6 Å². The number of hydrogen-bond acceptors (Lipinski definition) is 4.